The summed E-state index contributed by atoms with van der Waals surface area (Å²) in [5.41, 5.74) is 1.21. The van der Waals surface area contributed by atoms with Gasteiger partial charge in [0.15, 0.2) is 0 Å². The van der Waals surface area contributed by atoms with Crippen molar-refractivity contribution in [3.63, 3.8) is 0 Å². The number of rotatable bonds is 2. The summed E-state index contributed by atoms with van der Waals surface area (Å²) < 4.78 is 5.84. The van der Waals surface area contributed by atoms with Gasteiger partial charge in [0.05, 0.1) is 29.5 Å². The molecule has 1 aromatic heterocycles. The van der Waals surface area contributed by atoms with Crippen molar-refractivity contribution < 1.29 is 4.74 Å². The molecule has 5 heteroatoms. The first-order valence-electron chi connectivity index (χ1n) is 6.17. The molecular weight excluding hydrogens is 234 g/mol. The molecule has 2 fully saturated rings. The number of aryl methyl sites for hydroxylation is 1. The van der Waals surface area contributed by atoms with E-state index in [0.717, 1.165) is 37.8 Å². The molecule has 17 heavy (non-hydrogen) atoms. The van der Waals surface area contributed by atoms with Gasteiger partial charge in [0, 0.05) is 31.6 Å². The van der Waals surface area contributed by atoms with Gasteiger partial charge in [0.1, 0.15) is 0 Å². The third-order valence-electron chi connectivity index (χ3n) is 3.63. The van der Waals surface area contributed by atoms with Gasteiger partial charge in [-0.2, -0.15) is 0 Å². The van der Waals surface area contributed by atoms with Gasteiger partial charge in [-0.05, 0) is 14.0 Å². The SMILES string of the molecule is Cc1nc(CN2CCO[C@H]3CN(C)C[C@H]32)cs1. The van der Waals surface area contributed by atoms with Gasteiger partial charge < -0.3 is 9.64 Å². The number of hydrogen-bond donors (Lipinski definition) is 0. The van der Waals surface area contributed by atoms with E-state index < -0.39 is 0 Å². The largest absolute Gasteiger partial charge is 0.374 e. The fraction of sp³-hybridized carbons (Fsp3) is 0.750. The zero-order chi connectivity index (χ0) is 11.8. The normalized spacial score (nSPS) is 30.7. The predicted octanol–water partition coefficient (Wildman–Crippen LogP) is 0.966. The molecular formula is C12H19N3OS. The number of likely N-dealkylation sites (tertiary alicyclic amines) is 1. The lowest BCUT2D eigenvalue weighted by atomic mass is 10.1. The van der Waals surface area contributed by atoms with Gasteiger partial charge in [0.2, 0.25) is 0 Å². The van der Waals surface area contributed by atoms with Crippen molar-refractivity contribution in [2.45, 2.75) is 25.6 Å². The van der Waals surface area contributed by atoms with Gasteiger partial charge in [-0.3, -0.25) is 4.90 Å². The van der Waals surface area contributed by atoms with Gasteiger partial charge >= 0.3 is 0 Å². The van der Waals surface area contributed by atoms with Gasteiger partial charge in [-0.15, -0.1) is 11.3 Å². The average Bonchev–Trinajstić information content (AvgIpc) is 2.84. The Labute approximate surface area is 106 Å². The number of fused-ring (bicyclic) bond motifs is 1. The molecule has 0 amide bonds. The quantitative estimate of drug-likeness (QED) is 0.785. The Morgan fingerprint density at radius 1 is 1.53 bits per heavy atom. The van der Waals surface area contributed by atoms with Crippen molar-refractivity contribution in [3.05, 3.63) is 16.1 Å². The monoisotopic (exact) mass is 253 g/mol. The molecule has 0 N–H and O–H groups in total. The first-order valence-corrected chi connectivity index (χ1v) is 7.05. The Balaban J connectivity index is 1.70. The predicted molar refractivity (Wildman–Crippen MR) is 68.3 cm³/mol. The lowest BCUT2D eigenvalue weighted by Gasteiger charge is -2.36. The molecule has 94 valence electrons. The highest BCUT2D eigenvalue weighted by atomic mass is 32.1. The number of thiazole rings is 1. The molecule has 0 bridgehead atoms. The molecule has 0 unspecified atom stereocenters. The third-order valence-corrected chi connectivity index (χ3v) is 4.45. The summed E-state index contributed by atoms with van der Waals surface area (Å²) in [5.74, 6) is 0. The van der Waals surface area contributed by atoms with Gasteiger partial charge in [0.25, 0.3) is 0 Å². The third kappa shape index (κ3) is 2.38. The summed E-state index contributed by atoms with van der Waals surface area (Å²) >= 11 is 1.74. The highest BCUT2D eigenvalue weighted by Gasteiger charge is 2.38. The Morgan fingerprint density at radius 3 is 3.18 bits per heavy atom. The van der Waals surface area contributed by atoms with E-state index in [1.807, 2.05) is 0 Å². The van der Waals surface area contributed by atoms with E-state index in [1.165, 1.54) is 5.69 Å². The number of likely N-dealkylation sites (N-methyl/N-ethyl adjacent to an activating group) is 1. The summed E-state index contributed by atoms with van der Waals surface area (Å²) in [5, 5.41) is 3.34. The van der Waals surface area contributed by atoms with E-state index in [0.29, 0.717) is 12.1 Å². The lowest BCUT2D eigenvalue weighted by molar-refractivity contribution is -0.0506. The molecule has 0 aromatic carbocycles. The zero-order valence-electron chi connectivity index (χ0n) is 10.4. The van der Waals surface area contributed by atoms with E-state index in [2.05, 4.69) is 34.1 Å². The number of hydrogen-bond acceptors (Lipinski definition) is 5. The Kier molecular flexibility index (Phi) is 3.17. The molecule has 0 aliphatic carbocycles. The molecule has 2 aliphatic heterocycles. The minimum atomic E-state index is 0.397. The highest BCUT2D eigenvalue weighted by molar-refractivity contribution is 7.09. The number of aromatic nitrogens is 1. The minimum absolute atomic E-state index is 0.397. The second kappa shape index (κ2) is 4.65. The van der Waals surface area contributed by atoms with Crippen LogP contribution in [-0.2, 0) is 11.3 Å². The standard InChI is InChI=1S/C12H19N3OS/c1-9-13-10(8-17-9)5-15-3-4-16-12-7-14(2)6-11(12)15/h8,11-12H,3-7H2,1-2H3/t11-,12+/m1/s1. The molecule has 2 atom stereocenters. The van der Waals surface area contributed by atoms with Gasteiger partial charge in [-0.1, -0.05) is 0 Å². The van der Waals surface area contributed by atoms with E-state index in [9.17, 15) is 0 Å². The van der Waals surface area contributed by atoms with Crippen LogP contribution >= 0.6 is 11.3 Å². The maximum atomic E-state index is 5.84. The Morgan fingerprint density at radius 2 is 2.41 bits per heavy atom. The van der Waals surface area contributed by atoms with Crippen molar-refractivity contribution in [1.82, 2.24) is 14.8 Å². The molecule has 2 aliphatic rings. The first kappa shape index (κ1) is 11.6. The van der Waals surface area contributed by atoms with Crippen molar-refractivity contribution in [2.24, 2.45) is 0 Å². The summed E-state index contributed by atoms with van der Waals surface area (Å²) in [4.78, 5) is 9.46. The van der Waals surface area contributed by atoms with Crippen LogP contribution in [0.4, 0.5) is 0 Å². The van der Waals surface area contributed by atoms with Crippen LogP contribution in [0.25, 0.3) is 0 Å². The molecule has 2 saturated heterocycles. The molecule has 3 heterocycles. The summed E-state index contributed by atoms with van der Waals surface area (Å²) in [6.45, 7) is 7.12. The molecule has 0 spiro atoms. The maximum absolute atomic E-state index is 5.84. The number of ether oxygens (including phenoxy) is 1. The first-order chi connectivity index (χ1) is 8.22. The molecule has 0 saturated carbocycles. The van der Waals surface area contributed by atoms with Crippen LogP contribution in [-0.4, -0.2) is 60.2 Å². The summed E-state index contributed by atoms with van der Waals surface area (Å²) in [6, 6.07) is 0.552. The van der Waals surface area contributed by atoms with Crippen molar-refractivity contribution in [2.75, 3.05) is 33.3 Å². The fourth-order valence-corrected chi connectivity index (χ4v) is 3.43. The van der Waals surface area contributed by atoms with Crippen LogP contribution in [0, 0.1) is 6.92 Å². The van der Waals surface area contributed by atoms with Crippen LogP contribution < -0.4 is 0 Å². The molecule has 1 aromatic rings. The Hall–Kier alpha value is -0.490. The number of morpholine rings is 1. The molecule has 0 radical (unpaired) electrons. The molecule has 4 nitrogen and oxygen atoms in total. The lowest BCUT2D eigenvalue weighted by Crippen LogP contribution is -2.50. The van der Waals surface area contributed by atoms with Crippen LogP contribution in [0.1, 0.15) is 10.7 Å². The second-order valence-electron chi connectivity index (χ2n) is 5.03. The maximum Gasteiger partial charge on any atom is 0.0897 e. The van der Waals surface area contributed by atoms with E-state index >= 15 is 0 Å². The van der Waals surface area contributed by atoms with Crippen LogP contribution in [0.15, 0.2) is 5.38 Å². The van der Waals surface area contributed by atoms with Crippen molar-refractivity contribution in [1.29, 1.82) is 0 Å². The fourth-order valence-electron chi connectivity index (χ4n) is 2.83. The molecule has 3 rings (SSSR count). The van der Waals surface area contributed by atoms with E-state index in [-0.39, 0.29) is 0 Å². The van der Waals surface area contributed by atoms with Crippen LogP contribution in [0.2, 0.25) is 0 Å². The zero-order valence-corrected chi connectivity index (χ0v) is 11.2. The summed E-state index contributed by atoms with van der Waals surface area (Å²) in [6.07, 6.45) is 0.397. The van der Waals surface area contributed by atoms with Crippen LogP contribution in [0.5, 0.6) is 0 Å². The van der Waals surface area contributed by atoms with E-state index in [4.69, 9.17) is 4.74 Å². The van der Waals surface area contributed by atoms with Gasteiger partial charge in [-0.25, -0.2) is 4.98 Å². The van der Waals surface area contributed by atoms with Crippen molar-refractivity contribution in [3.8, 4) is 0 Å². The smallest absolute Gasteiger partial charge is 0.0897 e. The summed E-state index contributed by atoms with van der Waals surface area (Å²) in [7, 11) is 2.17. The topological polar surface area (TPSA) is 28.6 Å². The Bertz CT molecular complexity index is 395. The van der Waals surface area contributed by atoms with Crippen molar-refractivity contribution >= 4 is 11.3 Å². The minimum Gasteiger partial charge on any atom is -0.374 e. The number of nitrogens with zero attached hydrogens (tertiary/aromatic N) is 3. The second-order valence-corrected chi connectivity index (χ2v) is 6.09. The van der Waals surface area contributed by atoms with E-state index in [1.54, 1.807) is 11.3 Å². The average molecular weight is 253 g/mol. The van der Waals surface area contributed by atoms with Crippen LogP contribution in [0.3, 0.4) is 0 Å². The highest BCUT2D eigenvalue weighted by Crippen LogP contribution is 2.23.